The second-order valence-electron chi connectivity index (χ2n) is 6.47. The van der Waals surface area contributed by atoms with Gasteiger partial charge in [0.15, 0.2) is 0 Å². The minimum absolute atomic E-state index is 0.0982. The number of hydrogen-bond donors (Lipinski definition) is 0. The van der Waals surface area contributed by atoms with Crippen molar-refractivity contribution in [2.75, 3.05) is 14.2 Å². The Morgan fingerprint density at radius 2 is 1.73 bits per heavy atom. The highest BCUT2D eigenvalue weighted by atomic mass is 32.2. The van der Waals surface area contributed by atoms with Crippen molar-refractivity contribution in [1.29, 1.82) is 0 Å². The number of alkyl halides is 3. The average molecular weight is 441 g/mol. The molecule has 0 saturated heterocycles. The Kier molecular flexibility index (Phi) is 5.55. The van der Waals surface area contributed by atoms with Crippen LogP contribution in [0.15, 0.2) is 47.4 Å². The molecule has 0 bridgehead atoms. The summed E-state index contributed by atoms with van der Waals surface area (Å²) in [6.07, 6.45) is -5.09. The molecule has 0 aliphatic carbocycles. The van der Waals surface area contributed by atoms with Crippen LogP contribution in [0.5, 0.6) is 5.75 Å². The molecule has 0 aliphatic rings. The van der Waals surface area contributed by atoms with Crippen LogP contribution in [0.3, 0.4) is 0 Å². The zero-order chi connectivity index (χ0) is 22.3. The highest BCUT2D eigenvalue weighted by Gasteiger charge is 2.37. The van der Waals surface area contributed by atoms with E-state index < -0.39 is 33.5 Å². The highest BCUT2D eigenvalue weighted by Crippen LogP contribution is 2.41. The first-order valence-corrected chi connectivity index (χ1v) is 10.1. The molecule has 10 heteroatoms. The molecule has 1 heterocycles. The molecule has 3 rings (SSSR count). The van der Waals surface area contributed by atoms with Crippen LogP contribution in [0.2, 0.25) is 0 Å². The lowest BCUT2D eigenvalue weighted by molar-refractivity contribution is -0.140. The summed E-state index contributed by atoms with van der Waals surface area (Å²) in [5, 5.41) is 0.155. The quantitative estimate of drug-likeness (QED) is 0.561. The number of carbonyl (C=O) groups is 1. The molecular formula is C20H18F3NO5S. The van der Waals surface area contributed by atoms with Gasteiger partial charge in [-0.1, -0.05) is 18.2 Å². The van der Waals surface area contributed by atoms with Gasteiger partial charge in [0.25, 0.3) is 10.0 Å². The molecule has 3 aromatic rings. The van der Waals surface area contributed by atoms with Crippen molar-refractivity contribution in [2.24, 2.45) is 0 Å². The van der Waals surface area contributed by atoms with Crippen molar-refractivity contribution in [3.8, 4) is 5.75 Å². The van der Waals surface area contributed by atoms with Crippen LogP contribution in [0.1, 0.15) is 16.8 Å². The Labute approximate surface area is 170 Å². The first-order chi connectivity index (χ1) is 14.0. The summed E-state index contributed by atoms with van der Waals surface area (Å²) >= 11 is 0. The average Bonchev–Trinajstić information content (AvgIpc) is 2.98. The van der Waals surface area contributed by atoms with Crippen molar-refractivity contribution in [3.63, 3.8) is 0 Å². The van der Waals surface area contributed by atoms with E-state index in [-0.39, 0.29) is 33.5 Å². The number of esters is 1. The predicted octanol–water partition coefficient (Wildman–Crippen LogP) is 3.93. The van der Waals surface area contributed by atoms with Crippen molar-refractivity contribution in [2.45, 2.75) is 24.4 Å². The lowest BCUT2D eigenvalue weighted by Crippen LogP contribution is -2.15. The van der Waals surface area contributed by atoms with Crippen LogP contribution < -0.4 is 4.74 Å². The van der Waals surface area contributed by atoms with Crippen LogP contribution in [-0.4, -0.2) is 32.6 Å². The fraction of sp³-hybridized carbons (Fsp3) is 0.250. The van der Waals surface area contributed by atoms with E-state index in [4.69, 9.17) is 4.74 Å². The van der Waals surface area contributed by atoms with Gasteiger partial charge >= 0.3 is 12.1 Å². The smallest absolute Gasteiger partial charge is 0.420 e. The van der Waals surface area contributed by atoms with Crippen LogP contribution >= 0.6 is 0 Å². The number of carbonyl (C=O) groups excluding carboxylic acids is 1. The third kappa shape index (κ3) is 3.62. The molecule has 0 fully saturated rings. The minimum atomic E-state index is -4.78. The van der Waals surface area contributed by atoms with Gasteiger partial charge in [-0.05, 0) is 36.8 Å². The SMILES string of the molecule is COC(=O)Cc1c(C)n(S(=O)(=O)c2ccccc2)c2cc(C(F)(F)F)c(OC)cc12. The summed E-state index contributed by atoms with van der Waals surface area (Å²) in [5.74, 6) is -1.14. The normalized spacial score (nSPS) is 12.2. The molecule has 0 amide bonds. The lowest BCUT2D eigenvalue weighted by atomic mass is 10.0. The Morgan fingerprint density at radius 1 is 1.10 bits per heavy atom. The zero-order valence-electron chi connectivity index (χ0n) is 16.3. The van der Waals surface area contributed by atoms with Gasteiger partial charge < -0.3 is 9.47 Å². The number of aromatic nitrogens is 1. The van der Waals surface area contributed by atoms with Gasteiger partial charge in [-0.2, -0.15) is 13.2 Å². The molecule has 1 aromatic heterocycles. The van der Waals surface area contributed by atoms with Gasteiger partial charge in [-0.3, -0.25) is 4.79 Å². The molecule has 30 heavy (non-hydrogen) atoms. The van der Waals surface area contributed by atoms with E-state index >= 15 is 0 Å². The van der Waals surface area contributed by atoms with Crippen molar-refractivity contribution in [3.05, 3.63) is 59.3 Å². The van der Waals surface area contributed by atoms with Gasteiger partial charge in [0.05, 0.1) is 36.6 Å². The zero-order valence-corrected chi connectivity index (χ0v) is 17.1. The van der Waals surface area contributed by atoms with E-state index in [1.165, 1.54) is 38.3 Å². The lowest BCUT2D eigenvalue weighted by Gasteiger charge is -2.14. The fourth-order valence-corrected chi connectivity index (χ4v) is 4.91. The number of halogens is 3. The molecule has 0 unspecified atom stereocenters. The highest BCUT2D eigenvalue weighted by molar-refractivity contribution is 7.90. The Balaban J connectivity index is 2.44. The second-order valence-corrected chi connectivity index (χ2v) is 8.25. The van der Waals surface area contributed by atoms with Crippen molar-refractivity contribution in [1.82, 2.24) is 3.97 Å². The molecule has 0 N–H and O–H groups in total. The molecule has 6 nitrogen and oxygen atoms in total. The number of benzene rings is 2. The fourth-order valence-electron chi connectivity index (χ4n) is 3.31. The number of methoxy groups -OCH3 is 2. The molecule has 0 saturated carbocycles. The predicted molar refractivity (Wildman–Crippen MR) is 103 cm³/mol. The summed E-state index contributed by atoms with van der Waals surface area (Å²) in [5.41, 5.74) is -0.975. The van der Waals surface area contributed by atoms with Gasteiger partial charge in [0.1, 0.15) is 5.75 Å². The van der Waals surface area contributed by atoms with Crippen LogP contribution in [0.4, 0.5) is 13.2 Å². The number of nitrogens with zero attached hydrogens (tertiary/aromatic N) is 1. The van der Waals surface area contributed by atoms with Crippen molar-refractivity contribution < 1.29 is 35.9 Å². The summed E-state index contributed by atoms with van der Waals surface area (Å²) in [4.78, 5) is 11.8. The molecule has 2 aromatic carbocycles. The van der Waals surface area contributed by atoms with E-state index in [0.717, 1.165) is 23.2 Å². The summed E-state index contributed by atoms with van der Waals surface area (Å²) in [7, 11) is -1.99. The molecule has 0 aliphatic heterocycles. The molecule has 0 radical (unpaired) electrons. The molecule has 0 spiro atoms. The summed E-state index contributed by atoms with van der Waals surface area (Å²) in [6.45, 7) is 1.43. The van der Waals surface area contributed by atoms with Crippen molar-refractivity contribution >= 4 is 26.9 Å². The monoisotopic (exact) mass is 441 g/mol. The Morgan fingerprint density at radius 3 is 2.27 bits per heavy atom. The van der Waals surface area contributed by atoms with Gasteiger partial charge in [0.2, 0.25) is 0 Å². The van der Waals surface area contributed by atoms with E-state index in [9.17, 15) is 26.4 Å². The van der Waals surface area contributed by atoms with E-state index in [0.29, 0.717) is 0 Å². The maximum atomic E-state index is 13.6. The molecule has 160 valence electrons. The number of fused-ring (bicyclic) bond motifs is 1. The maximum absolute atomic E-state index is 13.6. The van der Waals surface area contributed by atoms with Crippen LogP contribution in [-0.2, 0) is 32.2 Å². The number of ether oxygens (including phenoxy) is 2. The Hall–Kier alpha value is -3.01. The first kappa shape index (κ1) is 21.7. The second kappa shape index (κ2) is 7.67. The topological polar surface area (TPSA) is 74.6 Å². The largest absolute Gasteiger partial charge is 0.496 e. The van der Waals surface area contributed by atoms with Gasteiger partial charge in [-0.15, -0.1) is 0 Å². The molecular weight excluding hydrogens is 423 g/mol. The maximum Gasteiger partial charge on any atom is 0.420 e. The van der Waals surface area contributed by atoms with E-state index in [1.807, 2.05) is 0 Å². The minimum Gasteiger partial charge on any atom is -0.496 e. The van der Waals surface area contributed by atoms with E-state index in [1.54, 1.807) is 6.07 Å². The third-order valence-corrected chi connectivity index (χ3v) is 6.56. The van der Waals surface area contributed by atoms with Gasteiger partial charge in [-0.25, -0.2) is 12.4 Å². The van der Waals surface area contributed by atoms with E-state index in [2.05, 4.69) is 4.74 Å². The summed E-state index contributed by atoms with van der Waals surface area (Å²) in [6, 6.07) is 9.14. The van der Waals surface area contributed by atoms with Crippen LogP contribution in [0, 0.1) is 6.92 Å². The first-order valence-electron chi connectivity index (χ1n) is 8.69. The number of rotatable bonds is 5. The van der Waals surface area contributed by atoms with Crippen LogP contribution in [0.25, 0.3) is 10.9 Å². The third-order valence-electron chi connectivity index (χ3n) is 4.74. The molecule has 0 atom stereocenters. The summed E-state index contributed by atoms with van der Waals surface area (Å²) < 4.78 is 77.7. The standard InChI is InChI=1S/C20H18F3NO5S/c1-12-14(10-19(25)29-3)15-9-18(28-2)16(20(21,22)23)11-17(15)24(12)30(26,27)13-7-5-4-6-8-13/h4-9,11H,10H2,1-3H3. The number of hydrogen-bond acceptors (Lipinski definition) is 5. The Bertz CT molecular complexity index is 1210. The van der Waals surface area contributed by atoms with Gasteiger partial charge in [0, 0.05) is 11.1 Å².